The summed E-state index contributed by atoms with van der Waals surface area (Å²) >= 11 is 5.57. The highest BCUT2D eigenvalue weighted by Crippen LogP contribution is 2.33. The second-order valence-electron chi connectivity index (χ2n) is 5.16. The standard InChI is InChI=1S/C16H17ClF3N3/c1-3-10(4-2)11-5-7-12(8-6-11)22-15-21-9-13(14(17)23-15)16(18,19)20/h5-10H,3-4H2,1-2H3,(H,21,22,23). The van der Waals surface area contributed by atoms with Crippen molar-refractivity contribution in [1.29, 1.82) is 0 Å². The lowest BCUT2D eigenvalue weighted by Gasteiger charge is -2.14. The Morgan fingerprint density at radius 3 is 2.22 bits per heavy atom. The van der Waals surface area contributed by atoms with Gasteiger partial charge in [0.2, 0.25) is 5.95 Å². The van der Waals surface area contributed by atoms with Crippen LogP contribution in [0.3, 0.4) is 0 Å². The zero-order valence-electron chi connectivity index (χ0n) is 12.8. The van der Waals surface area contributed by atoms with Crippen LogP contribution in [0.1, 0.15) is 43.7 Å². The summed E-state index contributed by atoms with van der Waals surface area (Å²) in [7, 11) is 0. The van der Waals surface area contributed by atoms with Crippen molar-refractivity contribution in [3.05, 3.63) is 46.7 Å². The molecule has 1 heterocycles. The van der Waals surface area contributed by atoms with Gasteiger partial charge < -0.3 is 5.32 Å². The molecule has 0 saturated carbocycles. The van der Waals surface area contributed by atoms with E-state index < -0.39 is 16.9 Å². The minimum atomic E-state index is -4.56. The molecular formula is C16H17ClF3N3. The quantitative estimate of drug-likeness (QED) is 0.697. The van der Waals surface area contributed by atoms with Gasteiger partial charge in [0.1, 0.15) is 10.7 Å². The largest absolute Gasteiger partial charge is 0.420 e. The van der Waals surface area contributed by atoms with Crippen LogP contribution in [0.4, 0.5) is 24.8 Å². The van der Waals surface area contributed by atoms with Gasteiger partial charge in [0.05, 0.1) is 0 Å². The van der Waals surface area contributed by atoms with Crippen molar-refractivity contribution in [2.24, 2.45) is 0 Å². The number of halogens is 4. The Labute approximate surface area is 137 Å². The van der Waals surface area contributed by atoms with Gasteiger partial charge in [-0.2, -0.15) is 13.2 Å². The molecule has 0 unspecified atom stereocenters. The average molecular weight is 344 g/mol. The number of benzene rings is 1. The van der Waals surface area contributed by atoms with Crippen molar-refractivity contribution in [3.63, 3.8) is 0 Å². The van der Waals surface area contributed by atoms with Crippen molar-refractivity contribution in [3.8, 4) is 0 Å². The van der Waals surface area contributed by atoms with E-state index in [0.29, 0.717) is 17.8 Å². The van der Waals surface area contributed by atoms with E-state index in [9.17, 15) is 13.2 Å². The molecule has 0 aliphatic carbocycles. The molecule has 0 aliphatic rings. The molecule has 2 rings (SSSR count). The normalized spacial score (nSPS) is 11.8. The number of rotatable bonds is 5. The van der Waals surface area contributed by atoms with E-state index in [4.69, 9.17) is 11.6 Å². The number of hydrogen-bond donors (Lipinski definition) is 1. The van der Waals surface area contributed by atoms with Gasteiger partial charge in [-0.1, -0.05) is 37.6 Å². The third-order valence-electron chi connectivity index (χ3n) is 3.67. The van der Waals surface area contributed by atoms with Gasteiger partial charge in [0.15, 0.2) is 0 Å². The molecule has 0 radical (unpaired) electrons. The van der Waals surface area contributed by atoms with Crippen LogP contribution in [0, 0.1) is 0 Å². The van der Waals surface area contributed by atoms with Crippen LogP contribution in [0.2, 0.25) is 5.15 Å². The molecule has 1 aromatic carbocycles. The summed E-state index contributed by atoms with van der Waals surface area (Å²) in [6, 6.07) is 7.68. The molecule has 0 atom stereocenters. The van der Waals surface area contributed by atoms with Gasteiger partial charge in [-0.25, -0.2) is 9.97 Å². The molecule has 3 nitrogen and oxygen atoms in total. The van der Waals surface area contributed by atoms with E-state index in [1.54, 1.807) is 0 Å². The fraction of sp³-hybridized carbons (Fsp3) is 0.375. The molecule has 0 fully saturated rings. The smallest absolute Gasteiger partial charge is 0.324 e. The average Bonchev–Trinajstić information content (AvgIpc) is 2.49. The lowest BCUT2D eigenvalue weighted by molar-refractivity contribution is -0.137. The van der Waals surface area contributed by atoms with E-state index in [0.717, 1.165) is 12.8 Å². The molecule has 0 amide bonds. The van der Waals surface area contributed by atoms with E-state index in [1.165, 1.54) is 5.56 Å². The second kappa shape index (κ2) is 7.17. The second-order valence-corrected chi connectivity index (χ2v) is 5.51. The monoisotopic (exact) mass is 343 g/mol. The maximum Gasteiger partial charge on any atom is 0.420 e. The Bertz CT molecular complexity index is 653. The molecule has 124 valence electrons. The summed E-state index contributed by atoms with van der Waals surface area (Å²) in [4.78, 5) is 7.31. The van der Waals surface area contributed by atoms with Crippen LogP contribution in [-0.2, 0) is 6.18 Å². The van der Waals surface area contributed by atoms with E-state index in [1.807, 2.05) is 24.3 Å². The van der Waals surface area contributed by atoms with Crippen LogP contribution in [0.15, 0.2) is 30.5 Å². The highest BCUT2D eigenvalue weighted by molar-refractivity contribution is 6.30. The molecule has 0 saturated heterocycles. The molecule has 0 aliphatic heterocycles. The van der Waals surface area contributed by atoms with Crippen LogP contribution in [-0.4, -0.2) is 9.97 Å². The van der Waals surface area contributed by atoms with Gasteiger partial charge >= 0.3 is 6.18 Å². The van der Waals surface area contributed by atoms with E-state index >= 15 is 0 Å². The number of anilines is 2. The van der Waals surface area contributed by atoms with Crippen molar-refractivity contribution in [2.45, 2.75) is 38.8 Å². The SMILES string of the molecule is CCC(CC)c1ccc(Nc2ncc(C(F)(F)F)c(Cl)n2)cc1. The summed E-state index contributed by atoms with van der Waals surface area (Å²) in [5.41, 5.74) is 0.872. The molecule has 0 bridgehead atoms. The van der Waals surface area contributed by atoms with Crippen molar-refractivity contribution < 1.29 is 13.2 Å². The van der Waals surface area contributed by atoms with Crippen LogP contribution in [0.25, 0.3) is 0 Å². The Kier molecular flexibility index (Phi) is 5.46. The van der Waals surface area contributed by atoms with E-state index in [2.05, 4.69) is 29.1 Å². The van der Waals surface area contributed by atoms with Crippen LogP contribution >= 0.6 is 11.6 Å². The van der Waals surface area contributed by atoms with Gasteiger partial charge in [-0.15, -0.1) is 0 Å². The number of hydrogen-bond acceptors (Lipinski definition) is 3. The Morgan fingerprint density at radius 1 is 1.13 bits per heavy atom. The summed E-state index contributed by atoms with van der Waals surface area (Å²) in [5, 5.41) is 2.23. The van der Waals surface area contributed by atoms with Gasteiger partial charge in [0.25, 0.3) is 0 Å². The highest BCUT2D eigenvalue weighted by atomic mass is 35.5. The van der Waals surface area contributed by atoms with Crippen LogP contribution < -0.4 is 5.32 Å². The first-order valence-electron chi connectivity index (χ1n) is 7.31. The third-order valence-corrected chi connectivity index (χ3v) is 3.96. The maximum atomic E-state index is 12.6. The van der Waals surface area contributed by atoms with E-state index in [-0.39, 0.29) is 5.95 Å². The summed E-state index contributed by atoms with van der Waals surface area (Å²) < 4.78 is 37.8. The Hall–Kier alpha value is -1.82. The van der Waals surface area contributed by atoms with Crippen molar-refractivity contribution in [2.75, 3.05) is 5.32 Å². The maximum absolute atomic E-state index is 12.6. The van der Waals surface area contributed by atoms with Gasteiger partial charge in [-0.3, -0.25) is 0 Å². The molecule has 0 spiro atoms. The summed E-state index contributed by atoms with van der Waals surface area (Å²) in [6.07, 6.45) is -1.77. The minimum Gasteiger partial charge on any atom is -0.324 e. The third kappa shape index (κ3) is 4.34. The van der Waals surface area contributed by atoms with Crippen molar-refractivity contribution in [1.82, 2.24) is 9.97 Å². The fourth-order valence-electron chi connectivity index (χ4n) is 2.34. The Balaban J connectivity index is 2.15. The zero-order chi connectivity index (χ0) is 17.0. The molecule has 7 heteroatoms. The first kappa shape index (κ1) is 17.5. The fourth-order valence-corrected chi connectivity index (χ4v) is 2.58. The molecule has 1 N–H and O–H groups in total. The first-order chi connectivity index (χ1) is 10.8. The van der Waals surface area contributed by atoms with Gasteiger partial charge in [-0.05, 0) is 36.5 Å². The lowest BCUT2D eigenvalue weighted by atomic mass is 9.94. The molecular weight excluding hydrogens is 327 g/mol. The van der Waals surface area contributed by atoms with Crippen LogP contribution in [0.5, 0.6) is 0 Å². The lowest BCUT2D eigenvalue weighted by Crippen LogP contribution is -2.09. The summed E-state index contributed by atoms with van der Waals surface area (Å²) in [6.45, 7) is 4.27. The number of nitrogens with zero attached hydrogens (tertiary/aromatic N) is 2. The Morgan fingerprint density at radius 2 is 1.74 bits per heavy atom. The van der Waals surface area contributed by atoms with Crippen molar-refractivity contribution >= 4 is 23.2 Å². The first-order valence-corrected chi connectivity index (χ1v) is 7.69. The number of nitrogens with one attached hydrogen (secondary N) is 1. The highest BCUT2D eigenvalue weighted by Gasteiger charge is 2.34. The number of aromatic nitrogens is 2. The number of alkyl halides is 3. The minimum absolute atomic E-state index is 0.0262. The van der Waals surface area contributed by atoms with Gasteiger partial charge in [0, 0.05) is 11.9 Å². The topological polar surface area (TPSA) is 37.8 Å². The molecule has 23 heavy (non-hydrogen) atoms. The predicted molar refractivity (Wildman–Crippen MR) is 85.1 cm³/mol. The zero-order valence-corrected chi connectivity index (χ0v) is 13.5. The summed E-state index contributed by atoms with van der Waals surface area (Å²) in [5.74, 6) is 0.527. The molecule has 2 aromatic rings. The molecule has 1 aromatic heterocycles. The predicted octanol–water partition coefficient (Wildman–Crippen LogP) is 5.80.